The summed E-state index contributed by atoms with van der Waals surface area (Å²) in [7, 11) is -0.0222. The van der Waals surface area contributed by atoms with E-state index >= 15 is 0 Å². The summed E-state index contributed by atoms with van der Waals surface area (Å²) in [4.78, 5) is 4.04. The van der Waals surface area contributed by atoms with Crippen LogP contribution in [-0.2, 0) is 30.7 Å². The van der Waals surface area contributed by atoms with Crippen LogP contribution < -0.4 is 0 Å². The van der Waals surface area contributed by atoms with Crippen LogP contribution in [0.1, 0.15) is 22.6 Å². The predicted molar refractivity (Wildman–Crippen MR) is 92.3 cm³/mol. The molecule has 0 fully saturated rings. The Morgan fingerprint density at radius 2 is 1.96 bits per heavy atom. The van der Waals surface area contributed by atoms with Gasteiger partial charge in [0.2, 0.25) is 0 Å². The molecule has 3 heterocycles. The maximum atomic E-state index is 13.0. The Balaban J connectivity index is 1.77. The van der Waals surface area contributed by atoms with Crippen LogP contribution in [0, 0.1) is 0 Å². The van der Waals surface area contributed by atoms with Gasteiger partial charge in [0.25, 0.3) is 10.0 Å². The maximum absolute atomic E-state index is 13.0. The van der Waals surface area contributed by atoms with Gasteiger partial charge in [0.1, 0.15) is 0 Å². The molecule has 0 saturated carbocycles. The van der Waals surface area contributed by atoms with Gasteiger partial charge in [-0.2, -0.15) is 9.40 Å². The molecule has 0 spiro atoms. The van der Waals surface area contributed by atoms with Crippen LogP contribution in [0.5, 0.6) is 0 Å². The molecule has 4 rings (SSSR count). The molecule has 0 bridgehead atoms. The van der Waals surface area contributed by atoms with Gasteiger partial charge in [0.05, 0.1) is 12.5 Å². The number of aromatic nitrogens is 4. The van der Waals surface area contributed by atoms with E-state index in [2.05, 4.69) is 16.1 Å². The lowest BCUT2D eigenvalue weighted by Crippen LogP contribution is -2.38. The highest BCUT2D eigenvalue weighted by molar-refractivity contribution is 7.89. The van der Waals surface area contributed by atoms with Crippen molar-refractivity contribution >= 4 is 10.0 Å². The van der Waals surface area contributed by atoms with Gasteiger partial charge in [-0.1, -0.05) is 24.3 Å². The first-order chi connectivity index (χ1) is 11.9. The Labute approximate surface area is 146 Å². The second-order valence-corrected chi connectivity index (χ2v) is 8.26. The molecule has 1 atom stereocenters. The average Bonchev–Trinajstić information content (AvgIpc) is 3.22. The highest BCUT2D eigenvalue weighted by atomic mass is 32.2. The lowest BCUT2D eigenvalue weighted by Gasteiger charge is -2.33. The third kappa shape index (κ3) is 2.77. The molecule has 1 aliphatic rings. The third-order valence-corrected chi connectivity index (χ3v) is 6.27. The molecule has 0 radical (unpaired) electrons. The molecule has 0 N–H and O–H groups in total. The molecule has 1 unspecified atom stereocenters. The van der Waals surface area contributed by atoms with E-state index in [1.165, 1.54) is 16.8 Å². The van der Waals surface area contributed by atoms with E-state index in [1.807, 2.05) is 31.4 Å². The summed E-state index contributed by atoms with van der Waals surface area (Å²) >= 11 is 0. The monoisotopic (exact) mass is 357 g/mol. The van der Waals surface area contributed by atoms with E-state index in [1.54, 1.807) is 22.5 Å². The van der Waals surface area contributed by atoms with Crippen molar-refractivity contribution in [2.75, 3.05) is 6.54 Å². The topological polar surface area (TPSA) is 73.0 Å². The van der Waals surface area contributed by atoms with E-state index in [4.69, 9.17) is 0 Å². The van der Waals surface area contributed by atoms with Crippen LogP contribution in [0.2, 0.25) is 0 Å². The second kappa shape index (κ2) is 5.82. The summed E-state index contributed by atoms with van der Waals surface area (Å²) in [6.07, 6.45) is 6.79. The molecule has 25 heavy (non-hydrogen) atoms. The summed E-state index contributed by atoms with van der Waals surface area (Å²) in [6.45, 7) is 0.730. The number of sulfonamides is 1. The van der Waals surface area contributed by atoms with Crippen LogP contribution in [0.3, 0.4) is 0 Å². The highest BCUT2D eigenvalue weighted by Crippen LogP contribution is 2.35. The van der Waals surface area contributed by atoms with Crippen LogP contribution in [0.15, 0.2) is 54.2 Å². The fraction of sp³-hybridized carbons (Fsp3) is 0.294. The smallest absolute Gasteiger partial charge is 0.262 e. The van der Waals surface area contributed by atoms with Gasteiger partial charge in [-0.25, -0.2) is 13.4 Å². The lowest BCUT2D eigenvalue weighted by atomic mass is 9.87. The van der Waals surface area contributed by atoms with Gasteiger partial charge in [0, 0.05) is 45.5 Å². The average molecular weight is 357 g/mol. The lowest BCUT2D eigenvalue weighted by molar-refractivity contribution is 0.370. The van der Waals surface area contributed by atoms with Crippen LogP contribution in [0.4, 0.5) is 0 Å². The molecule has 130 valence electrons. The predicted octanol–water partition coefficient (Wildman–Crippen LogP) is 1.49. The zero-order valence-corrected chi connectivity index (χ0v) is 14.9. The largest absolute Gasteiger partial charge is 0.339 e. The zero-order chi connectivity index (χ0) is 17.6. The fourth-order valence-corrected chi connectivity index (χ4v) is 4.72. The summed E-state index contributed by atoms with van der Waals surface area (Å²) in [6, 6.07) is 7.98. The van der Waals surface area contributed by atoms with Crippen molar-refractivity contribution in [3.8, 4) is 0 Å². The Hall–Kier alpha value is -2.45. The number of benzene rings is 1. The van der Waals surface area contributed by atoms with Crippen molar-refractivity contribution in [2.45, 2.75) is 17.5 Å². The molecule has 0 amide bonds. The number of nitrogens with zero attached hydrogens (tertiary/aromatic N) is 5. The first-order valence-electron chi connectivity index (χ1n) is 7.99. The minimum Gasteiger partial charge on any atom is -0.339 e. The summed E-state index contributed by atoms with van der Waals surface area (Å²) in [5, 5.41) is 4.33. The fourth-order valence-electron chi connectivity index (χ4n) is 3.32. The number of aryl methyl sites for hydroxylation is 2. The van der Waals surface area contributed by atoms with Crippen molar-refractivity contribution in [2.24, 2.45) is 14.1 Å². The van der Waals surface area contributed by atoms with Gasteiger partial charge in [0.15, 0.2) is 5.03 Å². The number of rotatable bonds is 3. The molecule has 2 aromatic heterocycles. The highest BCUT2D eigenvalue weighted by Gasteiger charge is 2.35. The molecule has 1 aliphatic heterocycles. The Morgan fingerprint density at radius 3 is 2.64 bits per heavy atom. The Bertz CT molecular complexity index is 1020. The van der Waals surface area contributed by atoms with Gasteiger partial charge in [-0.3, -0.25) is 4.68 Å². The summed E-state index contributed by atoms with van der Waals surface area (Å²) in [5.41, 5.74) is 3.18. The van der Waals surface area contributed by atoms with Gasteiger partial charge >= 0.3 is 0 Å². The molecular weight excluding hydrogens is 338 g/mol. The zero-order valence-electron chi connectivity index (χ0n) is 14.1. The van der Waals surface area contributed by atoms with E-state index in [0.29, 0.717) is 13.1 Å². The van der Waals surface area contributed by atoms with Gasteiger partial charge < -0.3 is 4.57 Å². The number of imidazole rings is 1. The van der Waals surface area contributed by atoms with Crippen LogP contribution in [-0.4, -0.2) is 38.6 Å². The summed E-state index contributed by atoms with van der Waals surface area (Å²) < 4.78 is 30.9. The number of hydrogen-bond donors (Lipinski definition) is 0. The van der Waals surface area contributed by atoms with Crippen molar-refractivity contribution < 1.29 is 8.42 Å². The molecule has 3 aromatic rings. The first-order valence-corrected chi connectivity index (χ1v) is 9.43. The van der Waals surface area contributed by atoms with Crippen molar-refractivity contribution in [1.82, 2.24) is 23.6 Å². The van der Waals surface area contributed by atoms with Crippen LogP contribution in [0.25, 0.3) is 0 Å². The molecule has 8 heteroatoms. The standard InChI is InChI=1S/C17H19N5O2S/c1-20-11-17(18-12-20)25(23,24)22-9-13-5-3-4-6-15(13)16(10-22)14-7-19-21(2)8-14/h3-8,11-12,16H,9-10H2,1-2H3. The Morgan fingerprint density at radius 1 is 1.16 bits per heavy atom. The van der Waals surface area contributed by atoms with E-state index in [-0.39, 0.29) is 10.9 Å². The molecule has 0 saturated heterocycles. The molecule has 0 aliphatic carbocycles. The van der Waals surface area contributed by atoms with E-state index < -0.39 is 10.0 Å². The second-order valence-electron chi connectivity index (χ2n) is 6.37. The number of hydrogen-bond acceptors (Lipinski definition) is 4. The number of fused-ring (bicyclic) bond motifs is 1. The Kier molecular flexibility index (Phi) is 3.73. The van der Waals surface area contributed by atoms with Crippen molar-refractivity contribution in [3.05, 3.63) is 65.9 Å². The van der Waals surface area contributed by atoms with E-state index in [0.717, 1.165) is 16.7 Å². The summed E-state index contributed by atoms with van der Waals surface area (Å²) in [5.74, 6) is -0.0443. The SMILES string of the molecule is Cn1cnc(S(=O)(=O)N2Cc3ccccc3C(c3cnn(C)c3)C2)c1. The van der Waals surface area contributed by atoms with E-state index in [9.17, 15) is 8.42 Å². The van der Waals surface area contributed by atoms with Gasteiger partial charge in [-0.05, 0) is 16.7 Å². The minimum atomic E-state index is -3.64. The van der Waals surface area contributed by atoms with Gasteiger partial charge in [-0.15, -0.1) is 0 Å². The van der Waals surface area contributed by atoms with Crippen LogP contribution >= 0.6 is 0 Å². The first kappa shape index (κ1) is 16.0. The maximum Gasteiger partial charge on any atom is 0.262 e. The molecule has 1 aromatic carbocycles. The minimum absolute atomic E-state index is 0.0443. The molecule has 7 nitrogen and oxygen atoms in total. The third-order valence-electron chi connectivity index (χ3n) is 4.58. The van der Waals surface area contributed by atoms with Crippen molar-refractivity contribution in [3.63, 3.8) is 0 Å². The normalized spacial score (nSPS) is 18.2. The molecular formula is C17H19N5O2S. The quantitative estimate of drug-likeness (QED) is 0.712. The van der Waals surface area contributed by atoms with Crippen molar-refractivity contribution in [1.29, 1.82) is 0 Å².